The maximum atomic E-state index is 10.3. The summed E-state index contributed by atoms with van der Waals surface area (Å²) in [5.41, 5.74) is 7.02. The van der Waals surface area contributed by atoms with Crippen LogP contribution in [-0.2, 0) is 0 Å². The molecule has 0 aliphatic heterocycles. The maximum absolute atomic E-state index is 10.3. The summed E-state index contributed by atoms with van der Waals surface area (Å²) in [6, 6.07) is 24.1. The van der Waals surface area contributed by atoms with Crippen molar-refractivity contribution in [2.24, 2.45) is 0 Å². The molecule has 3 aromatic rings. The maximum Gasteiger partial charge on any atom is 0.119 e. The Morgan fingerprint density at radius 3 is 2.22 bits per heavy atom. The topological polar surface area (TPSA) is 40.5 Å². The van der Waals surface area contributed by atoms with Crippen LogP contribution in [0.15, 0.2) is 72.8 Å². The second kappa shape index (κ2) is 7.32. The number of aryl methyl sites for hydroxylation is 1. The van der Waals surface area contributed by atoms with Gasteiger partial charge in [-0.1, -0.05) is 54.6 Å². The van der Waals surface area contributed by atoms with Crippen LogP contribution in [0.2, 0.25) is 0 Å². The van der Waals surface area contributed by atoms with Gasteiger partial charge in [0.05, 0.1) is 0 Å². The van der Waals surface area contributed by atoms with Crippen molar-refractivity contribution in [2.45, 2.75) is 32.1 Å². The number of hydrogen-bond donors (Lipinski definition) is 2. The van der Waals surface area contributed by atoms with Crippen LogP contribution >= 0.6 is 0 Å². The Labute approximate surface area is 160 Å². The van der Waals surface area contributed by atoms with Crippen LogP contribution < -0.4 is 0 Å². The van der Waals surface area contributed by atoms with Gasteiger partial charge in [0.2, 0.25) is 0 Å². The average molecular weight is 356 g/mol. The van der Waals surface area contributed by atoms with Gasteiger partial charge in [0, 0.05) is 0 Å². The van der Waals surface area contributed by atoms with Gasteiger partial charge >= 0.3 is 0 Å². The van der Waals surface area contributed by atoms with Gasteiger partial charge in [-0.3, -0.25) is 0 Å². The van der Waals surface area contributed by atoms with E-state index in [2.05, 4.69) is 30.3 Å². The molecule has 1 aliphatic rings. The summed E-state index contributed by atoms with van der Waals surface area (Å²) in [6.45, 7) is 1.94. The minimum Gasteiger partial charge on any atom is -0.508 e. The number of benzene rings is 3. The Hall–Kier alpha value is -3.00. The second-order valence-corrected chi connectivity index (χ2v) is 7.32. The molecule has 1 unspecified atom stereocenters. The van der Waals surface area contributed by atoms with E-state index in [1.807, 2.05) is 37.3 Å². The van der Waals surface area contributed by atoms with E-state index in [1.54, 1.807) is 12.1 Å². The zero-order chi connectivity index (χ0) is 18.8. The first kappa shape index (κ1) is 17.4. The lowest BCUT2D eigenvalue weighted by Crippen LogP contribution is -2.09. The molecule has 3 aromatic carbocycles. The fourth-order valence-electron chi connectivity index (χ4n) is 4.13. The van der Waals surface area contributed by atoms with Crippen LogP contribution in [0, 0.1) is 6.92 Å². The first-order chi connectivity index (χ1) is 13.1. The van der Waals surface area contributed by atoms with E-state index < -0.39 is 0 Å². The molecule has 0 spiro atoms. The lowest BCUT2D eigenvalue weighted by atomic mass is 9.76. The Morgan fingerprint density at radius 1 is 0.741 bits per heavy atom. The van der Waals surface area contributed by atoms with Gasteiger partial charge < -0.3 is 10.2 Å². The summed E-state index contributed by atoms with van der Waals surface area (Å²) in [5.74, 6) is 1.03. The highest BCUT2D eigenvalue weighted by Gasteiger charge is 2.25. The molecule has 2 N–H and O–H groups in total. The molecule has 136 valence electrons. The minimum atomic E-state index is 0.309. The molecule has 2 nitrogen and oxygen atoms in total. The standard InChI is InChI=1S/C25H24O2/c1-17-15-19(12-14-24(17)26)21-13-11-20(22-9-5-6-10-25(22)27)16-23(21)18-7-3-2-4-8-18/h2-10,12,14-15,20,26-27H,11,13,16H2,1H3. The number of para-hydroxylation sites is 1. The number of hydrogen-bond acceptors (Lipinski definition) is 2. The van der Waals surface area contributed by atoms with Crippen molar-refractivity contribution in [1.29, 1.82) is 0 Å². The smallest absolute Gasteiger partial charge is 0.119 e. The molecule has 1 aliphatic carbocycles. The number of phenols is 2. The zero-order valence-corrected chi connectivity index (χ0v) is 15.5. The number of phenolic OH excluding ortho intramolecular Hbond substituents is 2. The molecule has 0 aromatic heterocycles. The Morgan fingerprint density at radius 2 is 1.48 bits per heavy atom. The number of aromatic hydroxyl groups is 2. The highest BCUT2D eigenvalue weighted by Crippen LogP contribution is 2.46. The summed E-state index contributed by atoms with van der Waals surface area (Å²) in [7, 11) is 0. The lowest BCUT2D eigenvalue weighted by Gasteiger charge is -2.29. The van der Waals surface area contributed by atoms with E-state index in [-0.39, 0.29) is 0 Å². The first-order valence-corrected chi connectivity index (χ1v) is 9.49. The van der Waals surface area contributed by atoms with E-state index in [9.17, 15) is 10.2 Å². The van der Waals surface area contributed by atoms with Crippen molar-refractivity contribution >= 4 is 11.1 Å². The molecule has 0 radical (unpaired) electrons. The van der Waals surface area contributed by atoms with Crippen LogP contribution in [0.5, 0.6) is 11.5 Å². The molecule has 0 amide bonds. The minimum absolute atomic E-state index is 0.309. The van der Waals surface area contributed by atoms with Crippen molar-refractivity contribution in [3.05, 3.63) is 95.1 Å². The van der Waals surface area contributed by atoms with Gasteiger partial charge in [0.25, 0.3) is 0 Å². The SMILES string of the molecule is Cc1cc(C2=C(c3ccccc3)CC(c3ccccc3O)CC2)ccc1O. The van der Waals surface area contributed by atoms with E-state index in [4.69, 9.17) is 0 Å². The summed E-state index contributed by atoms with van der Waals surface area (Å²) in [6.07, 6.45) is 2.85. The summed E-state index contributed by atoms with van der Waals surface area (Å²) in [5, 5.41) is 20.2. The van der Waals surface area contributed by atoms with Gasteiger partial charge in [-0.2, -0.15) is 0 Å². The van der Waals surface area contributed by atoms with E-state index in [0.717, 1.165) is 30.4 Å². The molecule has 0 saturated heterocycles. The molecule has 0 saturated carbocycles. The van der Waals surface area contributed by atoms with E-state index in [1.165, 1.54) is 22.3 Å². The van der Waals surface area contributed by atoms with Crippen molar-refractivity contribution < 1.29 is 10.2 Å². The number of allylic oxidation sites excluding steroid dienone is 2. The quantitative estimate of drug-likeness (QED) is 0.579. The van der Waals surface area contributed by atoms with E-state index in [0.29, 0.717) is 17.4 Å². The molecular weight excluding hydrogens is 332 g/mol. The van der Waals surface area contributed by atoms with Gasteiger partial charge in [0.1, 0.15) is 11.5 Å². The molecule has 0 bridgehead atoms. The van der Waals surface area contributed by atoms with Crippen molar-refractivity contribution in [1.82, 2.24) is 0 Å². The van der Waals surface area contributed by atoms with Gasteiger partial charge in [-0.15, -0.1) is 0 Å². The zero-order valence-electron chi connectivity index (χ0n) is 15.5. The highest BCUT2D eigenvalue weighted by atomic mass is 16.3. The van der Waals surface area contributed by atoms with Gasteiger partial charge in [-0.25, -0.2) is 0 Å². The molecule has 1 atom stereocenters. The fourth-order valence-corrected chi connectivity index (χ4v) is 4.13. The molecule has 0 fully saturated rings. The third-order valence-corrected chi connectivity index (χ3v) is 5.60. The monoisotopic (exact) mass is 356 g/mol. The van der Waals surface area contributed by atoms with Crippen LogP contribution in [0.4, 0.5) is 0 Å². The predicted molar refractivity (Wildman–Crippen MR) is 111 cm³/mol. The lowest BCUT2D eigenvalue weighted by molar-refractivity contribution is 0.457. The summed E-state index contributed by atoms with van der Waals surface area (Å²) >= 11 is 0. The highest BCUT2D eigenvalue weighted by molar-refractivity contribution is 5.92. The van der Waals surface area contributed by atoms with Gasteiger partial charge in [-0.05, 0) is 83.7 Å². The molecular formula is C25H24O2. The van der Waals surface area contributed by atoms with Crippen LogP contribution in [0.1, 0.15) is 47.4 Å². The Kier molecular flexibility index (Phi) is 4.72. The van der Waals surface area contributed by atoms with Gasteiger partial charge in [0.15, 0.2) is 0 Å². The van der Waals surface area contributed by atoms with Crippen molar-refractivity contribution in [3.63, 3.8) is 0 Å². The second-order valence-electron chi connectivity index (χ2n) is 7.32. The Balaban J connectivity index is 1.80. The molecule has 27 heavy (non-hydrogen) atoms. The third kappa shape index (κ3) is 3.48. The van der Waals surface area contributed by atoms with Crippen LogP contribution in [0.3, 0.4) is 0 Å². The number of rotatable bonds is 3. The van der Waals surface area contributed by atoms with Crippen LogP contribution in [-0.4, -0.2) is 10.2 Å². The first-order valence-electron chi connectivity index (χ1n) is 9.49. The van der Waals surface area contributed by atoms with Crippen LogP contribution in [0.25, 0.3) is 11.1 Å². The largest absolute Gasteiger partial charge is 0.508 e. The molecule has 0 heterocycles. The normalized spacial score (nSPS) is 17.1. The molecule has 4 rings (SSSR count). The average Bonchev–Trinajstić information content (AvgIpc) is 2.71. The fraction of sp³-hybridized carbons (Fsp3) is 0.200. The molecule has 2 heteroatoms. The third-order valence-electron chi connectivity index (χ3n) is 5.60. The predicted octanol–water partition coefficient (Wildman–Crippen LogP) is 6.28. The van der Waals surface area contributed by atoms with E-state index >= 15 is 0 Å². The summed E-state index contributed by atoms with van der Waals surface area (Å²) in [4.78, 5) is 0. The Bertz CT molecular complexity index is 986. The van der Waals surface area contributed by atoms with Crippen molar-refractivity contribution in [2.75, 3.05) is 0 Å². The van der Waals surface area contributed by atoms with Crippen molar-refractivity contribution in [3.8, 4) is 11.5 Å². The summed E-state index contributed by atoms with van der Waals surface area (Å²) < 4.78 is 0.